The average molecular weight is 408 g/mol. The zero-order valence-corrected chi connectivity index (χ0v) is 15.9. The maximum Gasteiger partial charge on any atom is 0.359 e. The van der Waals surface area contributed by atoms with Crippen molar-refractivity contribution in [1.29, 1.82) is 0 Å². The van der Waals surface area contributed by atoms with Gasteiger partial charge in [-0.3, -0.25) is 4.31 Å². The molecule has 0 N–H and O–H groups in total. The van der Waals surface area contributed by atoms with Gasteiger partial charge in [0.05, 0.1) is 17.6 Å². The third-order valence-corrected chi connectivity index (χ3v) is 6.02. The van der Waals surface area contributed by atoms with Crippen molar-refractivity contribution in [3.8, 4) is 0 Å². The molecule has 0 fully saturated rings. The number of sulfonamides is 1. The molecule has 0 aliphatic carbocycles. The number of hydrogen-bond donors (Lipinski definition) is 0. The van der Waals surface area contributed by atoms with Crippen LogP contribution < -0.4 is 0 Å². The third-order valence-electron chi connectivity index (χ3n) is 3.95. The number of likely N-dealkylation sites (N-methyl/N-ethyl adjacent to an activating group) is 1. The molecule has 0 atom stereocenters. The van der Waals surface area contributed by atoms with Gasteiger partial charge in [0, 0.05) is 17.6 Å². The molecular weight excluding hydrogens is 394 g/mol. The Labute approximate surface area is 160 Å². The molecule has 2 aromatic rings. The Morgan fingerprint density at radius 3 is 2.26 bits per heavy atom. The van der Waals surface area contributed by atoms with Gasteiger partial charge in [0.1, 0.15) is 0 Å². The number of nitrogens with zero attached hydrogens (tertiary/aromatic N) is 1. The highest BCUT2D eigenvalue weighted by molar-refractivity contribution is 7.89. The molecule has 0 aromatic heterocycles. The lowest BCUT2D eigenvalue weighted by molar-refractivity contribution is -0.137. The Hall–Kier alpha value is -2.84. The van der Waals surface area contributed by atoms with E-state index in [-0.39, 0.29) is 21.8 Å². The predicted molar refractivity (Wildman–Crippen MR) is 97.2 cm³/mol. The molecule has 1 aliphatic rings. The third kappa shape index (κ3) is 3.29. The SMILES string of the molecule is COC(=O)C1=C(OC(=O)c2ccc(Cl)cc2)c2ccccc2S(=O)(=O)N1C. The van der Waals surface area contributed by atoms with Gasteiger partial charge in [-0.25, -0.2) is 18.0 Å². The normalized spacial score (nSPS) is 15.1. The largest absolute Gasteiger partial charge is 0.464 e. The standard InChI is InChI=1S/C18H14ClNO6S/c1-20-15(18(22)25-2)16(13-5-3-4-6-14(13)27(20,23)24)26-17(21)11-7-9-12(19)10-8-11/h3-10H,1-2H3. The molecule has 0 saturated carbocycles. The van der Waals surface area contributed by atoms with Crippen molar-refractivity contribution in [2.45, 2.75) is 4.90 Å². The summed E-state index contributed by atoms with van der Waals surface area (Å²) in [6.45, 7) is 0. The smallest absolute Gasteiger partial charge is 0.359 e. The van der Waals surface area contributed by atoms with Crippen molar-refractivity contribution in [2.75, 3.05) is 14.2 Å². The topological polar surface area (TPSA) is 90.0 Å². The number of rotatable bonds is 3. The molecule has 3 rings (SSSR count). The zero-order chi connectivity index (χ0) is 19.8. The first kappa shape index (κ1) is 18.9. The molecule has 0 radical (unpaired) electrons. The minimum atomic E-state index is -4.00. The van der Waals surface area contributed by atoms with Crippen LogP contribution in [-0.4, -0.2) is 38.8 Å². The van der Waals surface area contributed by atoms with Crippen LogP contribution in [-0.2, 0) is 24.3 Å². The first-order chi connectivity index (χ1) is 12.8. The summed E-state index contributed by atoms with van der Waals surface area (Å²) < 4.78 is 36.3. The summed E-state index contributed by atoms with van der Waals surface area (Å²) in [6.07, 6.45) is 0. The second-order valence-corrected chi connectivity index (χ2v) is 7.91. The minimum Gasteiger partial charge on any atom is -0.464 e. The molecule has 0 saturated heterocycles. The van der Waals surface area contributed by atoms with Crippen LogP contribution in [0.15, 0.2) is 59.1 Å². The molecule has 9 heteroatoms. The number of esters is 2. The van der Waals surface area contributed by atoms with Crippen LogP contribution in [0, 0.1) is 0 Å². The fourth-order valence-electron chi connectivity index (χ4n) is 2.58. The molecule has 0 bridgehead atoms. The van der Waals surface area contributed by atoms with Gasteiger partial charge in [-0.15, -0.1) is 0 Å². The molecule has 2 aromatic carbocycles. The summed E-state index contributed by atoms with van der Waals surface area (Å²) in [7, 11) is -1.70. The van der Waals surface area contributed by atoms with Gasteiger partial charge in [0.25, 0.3) is 10.0 Å². The van der Waals surface area contributed by atoms with Crippen LogP contribution in [0.25, 0.3) is 5.76 Å². The predicted octanol–water partition coefficient (Wildman–Crippen LogP) is 2.67. The van der Waals surface area contributed by atoms with Gasteiger partial charge in [-0.05, 0) is 36.4 Å². The molecule has 27 heavy (non-hydrogen) atoms. The van der Waals surface area contributed by atoms with Gasteiger partial charge < -0.3 is 9.47 Å². The van der Waals surface area contributed by atoms with E-state index in [9.17, 15) is 18.0 Å². The number of methoxy groups -OCH3 is 1. The van der Waals surface area contributed by atoms with E-state index in [4.69, 9.17) is 21.1 Å². The molecule has 1 aliphatic heterocycles. The van der Waals surface area contributed by atoms with E-state index in [1.807, 2.05) is 0 Å². The van der Waals surface area contributed by atoms with Gasteiger partial charge in [-0.1, -0.05) is 23.7 Å². The summed E-state index contributed by atoms with van der Waals surface area (Å²) in [4.78, 5) is 24.7. The Bertz CT molecular complexity index is 1060. The summed E-state index contributed by atoms with van der Waals surface area (Å²) in [6, 6.07) is 11.9. The van der Waals surface area contributed by atoms with Crippen molar-refractivity contribution in [2.24, 2.45) is 0 Å². The number of benzene rings is 2. The number of hydrogen-bond acceptors (Lipinski definition) is 6. The number of ether oxygens (including phenoxy) is 2. The maximum atomic E-state index is 12.7. The Balaban J connectivity index is 2.17. The van der Waals surface area contributed by atoms with E-state index in [1.165, 1.54) is 49.5 Å². The van der Waals surface area contributed by atoms with Crippen molar-refractivity contribution < 1.29 is 27.5 Å². The van der Waals surface area contributed by atoms with Crippen molar-refractivity contribution in [1.82, 2.24) is 4.31 Å². The van der Waals surface area contributed by atoms with Gasteiger partial charge in [0.2, 0.25) is 0 Å². The Morgan fingerprint density at radius 2 is 1.63 bits per heavy atom. The highest BCUT2D eigenvalue weighted by Crippen LogP contribution is 2.37. The summed E-state index contributed by atoms with van der Waals surface area (Å²) in [5.74, 6) is -1.92. The number of carbonyl (C=O) groups excluding carboxylic acids is 2. The minimum absolute atomic E-state index is 0.0842. The summed E-state index contributed by atoms with van der Waals surface area (Å²) in [5, 5.41) is 0.440. The van der Waals surface area contributed by atoms with Crippen LogP contribution in [0.3, 0.4) is 0 Å². The highest BCUT2D eigenvalue weighted by Gasteiger charge is 2.40. The molecular formula is C18H14ClNO6S. The van der Waals surface area contributed by atoms with Crippen LogP contribution in [0.1, 0.15) is 15.9 Å². The fraction of sp³-hybridized carbons (Fsp3) is 0.111. The van der Waals surface area contributed by atoms with Gasteiger partial charge >= 0.3 is 11.9 Å². The molecule has 7 nitrogen and oxygen atoms in total. The van der Waals surface area contributed by atoms with E-state index >= 15 is 0 Å². The lowest BCUT2D eigenvalue weighted by atomic mass is 10.1. The zero-order valence-electron chi connectivity index (χ0n) is 14.3. The van der Waals surface area contributed by atoms with Crippen molar-refractivity contribution in [3.05, 3.63) is 70.4 Å². The van der Waals surface area contributed by atoms with E-state index in [0.717, 1.165) is 11.4 Å². The summed E-state index contributed by atoms with van der Waals surface area (Å²) in [5.41, 5.74) is -0.110. The molecule has 0 spiro atoms. The maximum absolute atomic E-state index is 12.7. The van der Waals surface area contributed by atoms with Crippen molar-refractivity contribution >= 4 is 39.3 Å². The number of halogens is 1. The first-order valence-electron chi connectivity index (χ1n) is 7.66. The van der Waals surface area contributed by atoms with Crippen LogP contribution >= 0.6 is 11.6 Å². The second kappa shape index (κ2) is 7.05. The van der Waals surface area contributed by atoms with Crippen LogP contribution in [0.4, 0.5) is 0 Å². The Kier molecular flexibility index (Phi) is 4.95. The molecule has 0 unspecified atom stereocenters. The lowest BCUT2D eigenvalue weighted by Crippen LogP contribution is -2.36. The quantitative estimate of drug-likeness (QED) is 0.726. The van der Waals surface area contributed by atoms with Gasteiger partial charge in [0.15, 0.2) is 11.5 Å². The first-order valence-corrected chi connectivity index (χ1v) is 9.48. The van der Waals surface area contributed by atoms with E-state index in [2.05, 4.69) is 0 Å². The van der Waals surface area contributed by atoms with E-state index in [0.29, 0.717) is 5.02 Å². The fourth-order valence-corrected chi connectivity index (χ4v) is 4.08. The second-order valence-electron chi connectivity index (χ2n) is 5.53. The lowest BCUT2D eigenvalue weighted by Gasteiger charge is -2.29. The van der Waals surface area contributed by atoms with Crippen LogP contribution in [0.2, 0.25) is 5.02 Å². The van der Waals surface area contributed by atoms with Crippen LogP contribution in [0.5, 0.6) is 0 Å². The highest BCUT2D eigenvalue weighted by atomic mass is 35.5. The summed E-state index contributed by atoms with van der Waals surface area (Å²) >= 11 is 5.81. The monoisotopic (exact) mass is 407 g/mol. The van der Waals surface area contributed by atoms with E-state index in [1.54, 1.807) is 6.07 Å². The van der Waals surface area contributed by atoms with Gasteiger partial charge in [-0.2, -0.15) is 0 Å². The molecule has 1 heterocycles. The van der Waals surface area contributed by atoms with Crippen molar-refractivity contribution in [3.63, 3.8) is 0 Å². The number of fused-ring (bicyclic) bond motifs is 1. The Morgan fingerprint density at radius 1 is 1.00 bits per heavy atom. The molecule has 140 valence electrons. The average Bonchev–Trinajstić information content (AvgIpc) is 2.66. The van der Waals surface area contributed by atoms with E-state index < -0.39 is 27.7 Å². The molecule has 0 amide bonds. The number of carbonyl (C=O) groups is 2.